The van der Waals surface area contributed by atoms with Crippen LogP contribution in [0.25, 0.3) is 0 Å². The van der Waals surface area contributed by atoms with Crippen LogP contribution in [-0.4, -0.2) is 12.1 Å². The highest BCUT2D eigenvalue weighted by atomic mass is 15.0. The molecule has 0 unspecified atom stereocenters. The molecule has 2 rings (SSSR count). The van der Waals surface area contributed by atoms with Crippen LogP contribution in [0.5, 0.6) is 0 Å². The number of hydrogen-bond acceptors (Lipinski definition) is 2. The molecule has 1 aromatic rings. The number of rotatable bonds is 5. The van der Waals surface area contributed by atoms with Gasteiger partial charge in [-0.15, -0.1) is 0 Å². The maximum absolute atomic E-state index is 9.43. The predicted octanol–water partition coefficient (Wildman–Crippen LogP) is 3.68. The molecule has 0 aliphatic heterocycles. The Hall–Kier alpha value is -1.33. The van der Waals surface area contributed by atoms with Crippen LogP contribution in [0, 0.1) is 17.2 Å². The van der Waals surface area contributed by atoms with Gasteiger partial charge >= 0.3 is 0 Å². The van der Waals surface area contributed by atoms with E-state index in [9.17, 15) is 5.26 Å². The highest BCUT2D eigenvalue weighted by molar-refractivity contribution is 5.15. The zero-order valence-electron chi connectivity index (χ0n) is 11.9. The molecule has 1 fully saturated rings. The largest absolute Gasteiger partial charge is 0.299 e. The summed E-state index contributed by atoms with van der Waals surface area (Å²) in [6, 6.07) is 13.1. The summed E-state index contributed by atoms with van der Waals surface area (Å²) in [5.74, 6) is 0.785. The first kappa shape index (κ1) is 14.1. The second kappa shape index (κ2) is 6.73. The van der Waals surface area contributed by atoms with E-state index in [1.165, 1.54) is 18.4 Å². The molecular formula is C17H24N2. The van der Waals surface area contributed by atoms with Gasteiger partial charge in [0.1, 0.15) is 5.54 Å². The first-order chi connectivity index (χ1) is 9.24. The standard InChI is InChI=1S/C17H24N2/c1-15-9-11-17(14-18,12-10-15)19-13-5-8-16-6-3-2-4-7-16/h2-4,6-7,15,19H,5,8-13H2,1H3. The highest BCUT2D eigenvalue weighted by Crippen LogP contribution is 2.31. The zero-order valence-corrected chi connectivity index (χ0v) is 11.9. The average molecular weight is 256 g/mol. The van der Waals surface area contributed by atoms with Crippen LogP contribution in [0.2, 0.25) is 0 Å². The van der Waals surface area contributed by atoms with Gasteiger partial charge in [-0.1, -0.05) is 37.3 Å². The molecule has 0 radical (unpaired) electrons. The SMILES string of the molecule is CC1CCC(C#N)(NCCCc2ccccc2)CC1. The minimum absolute atomic E-state index is 0.247. The fourth-order valence-electron chi connectivity index (χ4n) is 2.85. The van der Waals surface area contributed by atoms with Crippen LogP contribution in [0.1, 0.15) is 44.6 Å². The summed E-state index contributed by atoms with van der Waals surface area (Å²) in [6.45, 7) is 3.23. The number of nitrogens with one attached hydrogen (secondary N) is 1. The Labute approximate surface area is 116 Å². The minimum Gasteiger partial charge on any atom is -0.299 e. The molecule has 0 heterocycles. The molecular weight excluding hydrogens is 232 g/mol. The molecule has 102 valence electrons. The fraction of sp³-hybridized carbons (Fsp3) is 0.588. The first-order valence-corrected chi connectivity index (χ1v) is 7.44. The molecule has 19 heavy (non-hydrogen) atoms. The van der Waals surface area contributed by atoms with Gasteiger partial charge in [0, 0.05) is 0 Å². The number of benzene rings is 1. The summed E-state index contributed by atoms with van der Waals surface area (Å²) >= 11 is 0. The van der Waals surface area contributed by atoms with Crippen LogP contribution in [0.3, 0.4) is 0 Å². The Kier molecular flexibility index (Phi) is 4.99. The normalized spacial score (nSPS) is 26.8. The highest BCUT2D eigenvalue weighted by Gasteiger charge is 2.33. The summed E-state index contributed by atoms with van der Waals surface area (Å²) in [5.41, 5.74) is 1.14. The van der Waals surface area contributed by atoms with Gasteiger partial charge in [-0.05, 0) is 56.6 Å². The molecule has 0 atom stereocenters. The lowest BCUT2D eigenvalue weighted by Gasteiger charge is -2.34. The molecule has 0 bridgehead atoms. The number of nitriles is 1. The topological polar surface area (TPSA) is 35.8 Å². The number of aryl methyl sites for hydroxylation is 1. The van der Waals surface area contributed by atoms with E-state index in [1.54, 1.807) is 0 Å². The smallest absolute Gasteiger partial charge is 0.106 e. The maximum atomic E-state index is 9.43. The predicted molar refractivity (Wildman–Crippen MR) is 78.7 cm³/mol. The van der Waals surface area contributed by atoms with Crippen molar-refractivity contribution in [3.63, 3.8) is 0 Å². The van der Waals surface area contributed by atoms with Gasteiger partial charge in [0.2, 0.25) is 0 Å². The molecule has 0 saturated heterocycles. The van der Waals surface area contributed by atoms with Crippen LogP contribution >= 0.6 is 0 Å². The van der Waals surface area contributed by atoms with Crippen LogP contribution in [0.4, 0.5) is 0 Å². The van der Waals surface area contributed by atoms with Gasteiger partial charge in [0.15, 0.2) is 0 Å². The van der Waals surface area contributed by atoms with Crippen LogP contribution in [-0.2, 0) is 6.42 Å². The van der Waals surface area contributed by atoms with Crippen molar-refractivity contribution in [2.45, 2.75) is 51.0 Å². The number of nitrogens with zero attached hydrogens (tertiary/aromatic N) is 1. The fourth-order valence-corrected chi connectivity index (χ4v) is 2.85. The maximum Gasteiger partial charge on any atom is 0.106 e. The Morgan fingerprint density at radius 1 is 1.26 bits per heavy atom. The molecule has 1 N–H and O–H groups in total. The van der Waals surface area contributed by atoms with Crippen molar-refractivity contribution in [3.05, 3.63) is 35.9 Å². The third-order valence-corrected chi connectivity index (χ3v) is 4.29. The van der Waals surface area contributed by atoms with Crippen molar-refractivity contribution in [3.8, 4) is 6.07 Å². The minimum atomic E-state index is -0.247. The van der Waals surface area contributed by atoms with Gasteiger partial charge in [-0.3, -0.25) is 5.32 Å². The molecule has 0 aromatic heterocycles. The van der Waals surface area contributed by atoms with Gasteiger partial charge in [0.05, 0.1) is 6.07 Å². The van der Waals surface area contributed by atoms with Crippen molar-refractivity contribution >= 4 is 0 Å². The summed E-state index contributed by atoms with van der Waals surface area (Å²) in [6.07, 6.45) is 6.57. The number of hydrogen-bond donors (Lipinski definition) is 1. The van der Waals surface area contributed by atoms with Crippen molar-refractivity contribution in [2.24, 2.45) is 5.92 Å². The van der Waals surface area contributed by atoms with Crippen LogP contribution < -0.4 is 5.32 Å². The molecule has 0 spiro atoms. The quantitative estimate of drug-likeness (QED) is 0.816. The Morgan fingerprint density at radius 3 is 2.58 bits per heavy atom. The van der Waals surface area contributed by atoms with E-state index in [-0.39, 0.29) is 5.54 Å². The van der Waals surface area contributed by atoms with Crippen molar-refractivity contribution in [1.82, 2.24) is 5.32 Å². The lowest BCUT2D eigenvalue weighted by Crippen LogP contribution is -2.47. The summed E-state index contributed by atoms with van der Waals surface area (Å²) in [4.78, 5) is 0. The van der Waals surface area contributed by atoms with E-state index in [0.717, 1.165) is 38.1 Å². The molecule has 1 aliphatic carbocycles. The van der Waals surface area contributed by atoms with E-state index in [0.29, 0.717) is 0 Å². The molecule has 1 aromatic carbocycles. The molecule has 2 heteroatoms. The summed E-state index contributed by atoms with van der Waals surface area (Å²) in [5, 5.41) is 12.9. The molecule has 2 nitrogen and oxygen atoms in total. The van der Waals surface area contributed by atoms with E-state index < -0.39 is 0 Å². The first-order valence-electron chi connectivity index (χ1n) is 7.44. The Morgan fingerprint density at radius 2 is 1.95 bits per heavy atom. The van der Waals surface area contributed by atoms with E-state index in [2.05, 4.69) is 48.6 Å². The lowest BCUT2D eigenvalue weighted by molar-refractivity contribution is 0.249. The second-order valence-electron chi connectivity index (χ2n) is 5.89. The van der Waals surface area contributed by atoms with Crippen LogP contribution in [0.15, 0.2) is 30.3 Å². The molecule has 1 saturated carbocycles. The van der Waals surface area contributed by atoms with E-state index in [1.807, 2.05) is 0 Å². The van der Waals surface area contributed by atoms with Gasteiger partial charge in [-0.2, -0.15) is 5.26 Å². The monoisotopic (exact) mass is 256 g/mol. The van der Waals surface area contributed by atoms with Gasteiger partial charge in [0.25, 0.3) is 0 Å². The summed E-state index contributed by atoms with van der Waals surface area (Å²) < 4.78 is 0. The Balaban J connectivity index is 1.74. The Bertz CT molecular complexity index is 411. The van der Waals surface area contributed by atoms with E-state index in [4.69, 9.17) is 0 Å². The van der Waals surface area contributed by atoms with Gasteiger partial charge < -0.3 is 0 Å². The third-order valence-electron chi connectivity index (χ3n) is 4.29. The third kappa shape index (κ3) is 4.08. The van der Waals surface area contributed by atoms with Crippen molar-refractivity contribution < 1.29 is 0 Å². The summed E-state index contributed by atoms with van der Waals surface area (Å²) in [7, 11) is 0. The van der Waals surface area contributed by atoms with Crippen molar-refractivity contribution in [1.29, 1.82) is 5.26 Å². The second-order valence-corrected chi connectivity index (χ2v) is 5.89. The van der Waals surface area contributed by atoms with E-state index >= 15 is 0 Å². The lowest BCUT2D eigenvalue weighted by atomic mass is 9.78. The zero-order chi connectivity index (χ0) is 13.6. The van der Waals surface area contributed by atoms with Gasteiger partial charge in [-0.25, -0.2) is 0 Å². The van der Waals surface area contributed by atoms with Crippen molar-refractivity contribution in [2.75, 3.05) is 6.54 Å². The average Bonchev–Trinajstić information content (AvgIpc) is 2.47. The molecule has 1 aliphatic rings. The molecule has 0 amide bonds.